The van der Waals surface area contributed by atoms with Gasteiger partial charge in [0.1, 0.15) is 0 Å². The number of allylic oxidation sites excluding steroid dienone is 1. The molecule has 1 saturated heterocycles. The molecule has 0 aliphatic carbocycles. The van der Waals surface area contributed by atoms with Gasteiger partial charge in [0.25, 0.3) is 0 Å². The number of fused-ring (bicyclic) bond motifs is 2. The van der Waals surface area contributed by atoms with E-state index < -0.39 is 6.04 Å². The van der Waals surface area contributed by atoms with Gasteiger partial charge in [-0.3, -0.25) is 0 Å². The summed E-state index contributed by atoms with van der Waals surface area (Å²) >= 11 is 6.60. The van der Waals surface area contributed by atoms with Gasteiger partial charge in [0, 0.05) is 11.3 Å². The van der Waals surface area contributed by atoms with Crippen LogP contribution in [-0.4, -0.2) is 6.16 Å². The average molecular weight is 404 g/mol. The van der Waals surface area contributed by atoms with E-state index in [2.05, 4.69) is 105 Å². The Kier molecular flexibility index (Phi) is 5.56. The van der Waals surface area contributed by atoms with Crippen molar-refractivity contribution in [3.8, 4) is 0 Å². The average Bonchev–Trinajstić information content (AvgIpc) is 3.10. The maximum atomic E-state index is 6.60. The van der Waals surface area contributed by atoms with E-state index in [0.717, 1.165) is 6.16 Å². The predicted molar refractivity (Wildman–Crippen MR) is 124 cm³/mol. The Hall–Kier alpha value is -1.35. The quantitative estimate of drug-likeness (QED) is 0.469. The second kappa shape index (κ2) is 7.72. The molecule has 2 bridgehead atoms. The fourth-order valence-electron chi connectivity index (χ4n) is 4.95. The SMILES string of the molecule is [CH2][C]1[C](c2ccccc2)P2(=S)CC1(C)C(c1ccccc1)=C2c1ccccc1.[Li+]. The second-order valence-corrected chi connectivity index (χ2v) is 12.4. The van der Waals surface area contributed by atoms with Crippen molar-refractivity contribution in [2.24, 2.45) is 5.41 Å². The molecule has 3 aromatic carbocycles. The van der Waals surface area contributed by atoms with Gasteiger partial charge in [-0.15, -0.1) is 0 Å². The van der Waals surface area contributed by atoms with E-state index in [1.54, 1.807) is 0 Å². The first kappa shape index (κ1) is 20.9. The summed E-state index contributed by atoms with van der Waals surface area (Å²) in [5.41, 5.74) is 6.43. The van der Waals surface area contributed by atoms with E-state index >= 15 is 0 Å². The van der Waals surface area contributed by atoms with E-state index in [1.807, 2.05) is 0 Å². The van der Waals surface area contributed by atoms with Crippen LogP contribution in [0.5, 0.6) is 0 Å². The zero-order valence-corrected chi connectivity index (χ0v) is 18.6. The van der Waals surface area contributed by atoms with Crippen LogP contribution in [0.3, 0.4) is 0 Å². The number of rotatable bonds is 3. The molecule has 137 valence electrons. The molecule has 3 aromatic rings. The molecule has 0 amide bonds. The van der Waals surface area contributed by atoms with Gasteiger partial charge in [0.15, 0.2) is 0 Å². The Morgan fingerprint density at radius 3 is 1.72 bits per heavy atom. The molecule has 1 fully saturated rings. The summed E-state index contributed by atoms with van der Waals surface area (Å²) < 4.78 is 0. The summed E-state index contributed by atoms with van der Waals surface area (Å²) in [6.45, 7) is 6.96. The summed E-state index contributed by atoms with van der Waals surface area (Å²) in [4.78, 5) is 0. The Balaban J connectivity index is 0.00000205. The van der Waals surface area contributed by atoms with Gasteiger partial charge < -0.3 is 0 Å². The maximum Gasteiger partial charge on any atom is 1.00 e. The normalized spacial score (nSPS) is 26.6. The standard InChI is InChI=1S/C26H22PS.Li/c1-19-24(21-14-8-4-9-15-21)27(28)18-26(19,2)23(20-12-6-3-7-13-20)25(27)22-16-10-5-11-17-22;/h3-17H,1,18H2,2H3;/q;+1. The minimum Gasteiger partial charge on any atom is -0.0915 e. The molecule has 2 aliphatic heterocycles. The predicted octanol–water partition coefficient (Wildman–Crippen LogP) is 4.06. The smallest absolute Gasteiger partial charge is 0.0915 e. The zero-order chi connectivity index (χ0) is 19.4. The van der Waals surface area contributed by atoms with Crippen LogP contribution in [-0.2, 0) is 11.8 Å². The summed E-state index contributed by atoms with van der Waals surface area (Å²) in [5.74, 6) is 1.22. The molecular weight excluding hydrogens is 382 g/mol. The molecule has 0 aromatic heterocycles. The monoisotopic (exact) mass is 404 g/mol. The van der Waals surface area contributed by atoms with Crippen molar-refractivity contribution in [3.63, 3.8) is 0 Å². The molecule has 5 rings (SSSR count). The van der Waals surface area contributed by atoms with Crippen LogP contribution in [0.15, 0.2) is 91.0 Å². The van der Waals surface area contributed by atoms with Crippen LogP contribution in [0.4, 0.5) is 0 Å². The topological polar surface area (TPSA) is 0 Å². The molecule has 0 spiro atoms. The molecular formula is C26H22LiPS+. The van der Waals surface area contributed by atoms with Crippen molar-refractivity contribution in [2.45, 2.75) is 6.92 Å². The van der Waals surface area contributed by atoms with E-state index in [0.29, 0.717) is 0 Å². The van der Waals surface area contributed by atoms with E-state index in [9.17, 15) is 0 Å². The summed E-state index contributed by atoms with van der Waals surface area (Å²) in [6, 6.07) is 30.3. The van der Waals surface area contributed by atoms with Crippen LogP contribution < -0.4 is 18.9 Å². The third kappa shape index (κ3) is 3.07. The van der Waals surface area contributed by atoms with Gasteiger partial charge in [0.05, 0.1) is 5.66 Å². The largest absolute Gasteiger partial charge is 1.00 e. The van der Waals surface area contributed by atoms with Crippen LogP contribution in [0, 0.1) is 23.9 Å². The molecule has 2 unspecified atom stereocenters. The summed E-state index contributed by atoms with van der Waals surface area (Å²) in [7, 11) is 0. The Morgan fingerprint density at radius 1 is 0.759 bits per heavy atom. The van der Waals surface area contributed by atoms with E-state index in [1.165, 1.54) is 39.2 Å². The number of hydrogen-bond donors (Lipinski definition) is 0. The minimum atomic E-state index is -1.95. The molecule has 3 heteroatoms. The van der Waals surface area contributed by atoms with Crippen LogP contribution in [0.1, 0.15) is 23.6 Å². The first-order chi connectivity index (χ1) is 13.6. The van der Waals surface area contributed by atoms with Crippen molar-refractivity contribution >= 4 is 28.7 Å². The fourth-order valence-corrected chi connectivity index (χ4v) is 11.3. The first-order valence-corrected chi connectivity index (χ1v) is 12.6. The van der Waals surface area contributed by atoms with Crippen LogP contribution in [0.2, 0.25) is 0 Å². The van der Waals surface area contributed by atoms with Crippen molar-refractivity contribution in [1.82, 2.24) is 0 Å². The van der Waals surface area contributed by atoms with E-state index in [4.69, 9.17) is 11.8 Å². The van der Waals surface area contributed by atoms with Crippen molar-refractivity contribution < 1.29 is 18.9 Å². The fraction of sp³-hybridized carbons (Fsp3) is 0.115. The molecule has 3 radical (unpaired) electrons. The number of benzene rings is 3. The maximum absolute atomic E-state index is 6.60. The third-order valence-corrected chi connectivity index (χ3v) is 11.2. The molecule has 0 saturated carbocycles. The van der Waals surface area contributed by atoms with E-state index in [-0.39, 0.29) is 24.3 Å². The van der Waals surface area contributed by atoms with Gasteiger partial charge in [-0.1, -0.05) is 110 Å². The second-order valence-electron chi connectivity index (χ2n) is 7.88. The summed E-state index contributed by atoms with van der Waals surface area (Å²) in [5, 5.41) is 1.39. The van der Waals surface area contributed by atoms with Crippen LogP contribution in [0.25, 0.3) is 10.9 Å². The Labute approximate surface area is 191 Å². The zero-order valence-electron chi connectivity index (χ0n) is 16.9. The van der Waals surface area contributed by atoms with Gasteiger partial charge in [-0.2, -0.15) is 0 Å². The third-order valence-electron chi connectivity index (χ3n) is 6.16. The van der Waals surface area contributed by atoms with Gasteiger partial charge in [-0.25, -0.2) is 0 Å². The molecule has 0 N–H and O–H groups in total. The van der Waals surface area contributed by atoms with Gasteiger partial charge >= 0.3 is 18.9 Å². The summed E-state index contributed by atoms with van der Waals surface area (Å²) in [6.07, 6.45) is 1.01. The van der Waals surface area contributed by atoms with Crippen LogP contribution >= 0.6 is 6.04 Å². The molecule has 29 heavy (non-hydrogen) atoms. The first-order valence-electron chi connectivity index (χ1n) is 9.64. The minimum absolute atomic E-state index is 0. The van der Waals surface area contributed by atoms with Crippen molar-refractivity contribution in [3.05, 3.63) is 126 Å². The van der Waals surface area contributed by atoms with Gasteiger partial charge in [-0.05, 0) is 46.7 Å². The van der Waals surface area contributed by atoms with Crippen molar-refractivity contribution in [2.75, 3.05) is 6.16 Å². The number of hydrogen-bond acceptors (Lipinski definition) is 1. The molecule has 2 atom stereocenters. The molecule has 2 heterocycles. The Bertz CT molecular complexity index is 1090. The molecule has 2 aliphatic rings. The Morgan fingerprint density at radius 2 is 1.21 bits per heavy atom. The van der Waals surface area contributed by atoms with Crippen molar-refractivity contribution in [1.29, 1.82) is 0 Å². The molecule has 0 nitrogen and oxygen atoms in total. The van der Waals surface area contributed by atoms with Gasteiger partial charge in [0.2, 0.25) is 0 Å².